The minimum Gasteiger partial charge on any atom is -0.346 e. The van der Waals surface area contributed by atoms with Crippen molar-refractivity contribution in [2.45, 2.75) is 13.1 Å². The summed E-state index contributed by atoms with van der Waals surface area (Å²) in [7, 11) is 1.93. The molecule has 2 rings (SSSR count). The minimum atomic E-state index is 0.575. The zero-order chi connectivity index (χ0) is 9.97. The molecule has 0 fully saturated rings. The van der Waals surface area contributed by atoms with Crippen molar-refractivity contribution < 1.29 is 0 Å². The number of hydrogen-bond acceptors (Lipinski definition) is 3. The lowest BCUT2D eigenvalue weighted by molar-refractivity contribution is 0.699. The summed E-state index contributed by atoms with van der Waals surface area (Å²) in [5, 5.41) is 7.83. The molecule has 0 spiro atoms. The third kappa shape index (κ3) is 1.67. The van der Waals surface area contributed by atoms with Gasteiger partial charge in [-0.15, -0.1) is 10.2 Å². The fourth-order valence-electron chi connectivity index (χ4n) is 1.32. The van der Waals surface area contributed by atoms with E-state index in [1.807, 2.05) is 34.6 Å². The van der Waals surface area contributed by atoms with Crippen LogP contribution in [0.5, 0.6) is 0 Å². The Morgan fingerprint density at radius 3 is 2.93 bits per heavy atom. The molecule has 0 bridgehead atoms. The predicted molar refractivity (Wildman–Crippen MR) is 52.4 cm³/mol. The molecular formula is C9H13N5. The summed E-state index contributed by atoms with van der Waals surface area (Å²) in [4.78, 5) is 0. The van der Waals surface area contributed by atoms with Gasteiger partial charge in [-0.25, -0.2) is 0 Å². The number of rotatable bonds is 3. The van der Waals surface area contributed by atoms with Crippen LogP contribution in [0.4, 0.5) is 0 Å². The zero-order valence-electron chi connectivity index (χ0n) is 8.09. The molecule has 0 saturated carbocycles. The Morgan fingerprint density at radius 2 is 2.36 bits per heavy atom. The molecule has 0 aliphatic carbocycles. The SMILES string of the molecule is Cn1cnnc1Cn1ccc(CN)c1. The summed E-state index contributed by atoms with van der Waals surface area (Å²) in [6.45, 7) is 1.31. The molecule has 0 aliphatic rings. The number of hydrogen-bond donors (Lipinski definition) is 1. The highest BCUT2D eigenvalue weighted by atomic mass is 15.3. The van der Waals surface area contributed by atoms with Gasteiger partial charge in [-0.1, -0.05) is 0 Å². The predicted octanol–water partition coefficient (Wildman–Crippen LogP) is 0.124. The van der Waals surface area contributed by atoms with E-state index in [0.717, 1.165) is 17.9 Å². The molecule has 5 nitrogen and oxygen atoms in total. The number of nitrogens with two attached hydrogens (primary N) is 1. The van der Waals surface area contributed by atoms with Crippen LogP contribution in [0.25, 0.3) is 0 Å². The maximum Gasteiger partial charge on any atom is 0.152 e. The van der Waals surface area contributed by atoms with Gasteiger partial charge in [-0.2, -0.15) is 0 Å². The van der Waals surface area contributed by atoms with E-state index in [9.17, 15) is 0 Å². The molecule has 0 radical (unpaired) electrons. The van der Waals surface area contributed by atoms with Gasteiger partial charge in [0, 0.05) is 26.0 Å². The van der Waals surface area contributed by atoms with Crippen molar-refractivity contribution in [1.29, 1.82) is 0 Å². The Balaban J connectivity index is 2.15. The highest BCUT2D eigenvalue weighted by Crippen LogP contribution is 2.02. The largest absolute Gasteiger partial charge is 0.346 e. The van der Waals surface area contributed by atoms with Crippen LogP contribution < -0.4 is 5.73 Å². The topological polar surface area (TPSA) is 61.7 Å². The summed E-state index contributed by atoms with van der Waals surface area (Å²) in [6.07, 6.45) is 5.72. The van der Waals surface area contributed by atoms with Gasteiger partial charge in [0.2, 0.25) is 0 Å². The molecule has 2 aromatic heterocycles. The van der Waals surface area contributed by atoms with E-state index in [1.165, 1.54) is 0 Å². The Bertz CT molecular complexity index is 414. The zero-order valence-corrected chi connectivity index (χ0v) is 8.09. The lowest BCUT2D eigenvalue weighted by Gasteiger charge is -2.01. The summed E-state index contributed by atoms with van der Waals surface area (Å²) >= 11 is 0. The third-order valence-corrected chi connectivity index (χ3v) is 2.18. The second kappa shape index (κ2) is 3.63. The molecular weight excluding hydrogens is 178 g/mol. The lowest BCUT2D eigenvalue weighted by Crippen LogP contribution is -2.04. The van der Waals surface area contributed by atoms with Crippen LogP contribution in [-0.4, -0.2) is 19.3 Å². The van der Waals surface area contributed by atoms with Crippen molar-refractivity contribution >= 4 is 0 Å². The third-order valence-electron chi connectivity index (χ3n) is 2.18. The van der Waals surface area contributed by atoms with Crippen LogP contribution in [0.1, 0.15) is 11.4 Å². The number of aryl methyl sites for hydroxylation is 1. The average Bonchev–Trinajstić information content (AvgIpc) is 2.77. The van der Waals surface area contributed by atoms with E-state index in [1.54, 1.807) is 6.33 Å². The quantitative estimate of drug-likeness (QED) is 0.749. The molecule has 0 unspecified atom stereocenters. The van der Waals surface area contributed by atoms with Crippen LogP contribution in [0.2, 0.25) is 0 Å². The molecule has 14 heavy (non-hydrogen) atoms. The van der Waals surface area contributed by atoms with Gasteiger partial charge in [0.1, 0.15) is 6.33 Å². The fraction of sp³-hybridized carbons (Fsp3) is 0.333. The van der Waals surface area contributed by atoms with Gasteiger partial charge in [-0.05, 0) is 11.6 Å². The molecule has 74 valence electrons. The van der Waals surface area contributed by atoms with E-state index < -0.39 is 0 Å². The maximum absolute atomic E-state index is 5.52. The summed E-state index contributed by atoms with van der Waals surface area (Å²) in [5.74, 6) is 0.934. The van der Waals surface area contributed by atoms with Crippen LogP contribution in [0.15, 0.2) is 24.8 Å². The Labute approximate surface area is 82.2 Å². The van der Waals surface area contributed by atoms with E-state index in [0.29, 0.717) is 6.54 Å². The second-order valence-corrected chi connectivity index (χ2v) is 3.25. The molecule has 2 N–H and O–H groups in total. The summed E-state index contributed by atoms with van der Waals surface area (Å²) < 4.78 is 3.95. The van der Waals surface area contributed by atoms with Gasteiger partial charge >= 0.3 is 0 Å². The minimum absolute atomic E-state index is 0.575. The second-order valence-electron chi connectivity index (χ2n) is 3.25. The molecule has 0 amide bonds. The van der Waals surface area contributed by atoms with Gasteiger partial charge in [0.15, 0.2) is 5.82 Å². The van der Waals surface area contributed by atoms with Crippen molar-refractivity contribution in [1.82, 2.24) is 19.3 Å². The van der Waals surface area contributed by atoms with E-state index in [-0.39, 0.29) is 0 Å². The first-order chi connectivity index (χ1) is 6.79. The molecule has 2 aromatic rings. The van der Waals surface area contributed by atoms with Crippen LogP contribution in [0, 0.1) is 0 Å². The molecule has 2 heterocycles. The van der Waals surface area contributed by atoms with E-state index in [2.05, 4.69) is 10.2 Å². The smallest absolute Gasteiger partial charge is 0.152 e. The van der Waals surface area contributed by atoms with Crippen molar-refractivity contribution in [2.75, 3.05) is 0 Å². The van der Waals surface area contributed by atoms with Crippen molar-refractivity contribution in [2.24, 2.45) is 12.8 Å². The van der Waals surface area contributed by atoms with Crippen molar-refractivity contribution in [3.05, 3.63) is 36.2 Å². The molecule has 0 saturated heterocycles. The summed E-state index contributed by atoms with van der Waals surface area (Å²) in [5.41, 5.74) is 6.65. The normalized spacial score (nSPS) is 10.7. The van der Waals surface area contributed by atoms with Crippen LogP contribution in [0.3, 0.4) is 0 Å². The monoisotopic (exact) mass is 191 g/mol. The standard InChI is InChI=1S/C9H13N5/c1-13-7-11-12-9(13)6-14-3-2-8(4-10)5-14/h2-3,5,7H,4,6,10H2,1H3. The Hall–Kier alpha value is -1.62. The Morgan fingerprint density at radius 1 is 1.50 bits per heavy atom. The van der Waals surface area contributed by atoms with Gasteiger partial charge in [0.05, 0.1) is 6.54 Å². The first-order valence-electron chi connectivity index (χ1n) is 4.47. The van der Waals surface area contributed by atoms with Gasteiger partial charge in [0.25, 0.3) is 0 Å². The first kappa shape index (κ1) is 8.96. The molecule has 5 heteroatoms. The average molecular weight is 191 g/mol. The fourth-order valence-corrected chi connectivity index (χ4v) is 1.32. The van der Waals surface area contributed by atoms with Gasteiger partial charge < -0.3 is 14.9 Å². The highest BCUT2D eigenvalue weighted by Gasteiger charge is 2.01. The van der Waals surface area contributed by atoms with Crippen LogP contribution >= 0.6 is 0 Å². The molecule has 0 atom stereocenters. The van der Waals surface area contributed by atoms with E-state index >= 15 is 0 Å². The van der Waals surface area contributed by atoms with Crippen molar-refractivity contribution in [3.8, 4) is 0 Å². The van der Waals surface area contributed by atoms with E-state index in [4.69, 9.17) is 5.73 Å². The number of aromatic nitrogens is 4. The molecule has 0 aliphatic heterocycles. The maximum atomic E-state index is 5.52. The highest BCUT2D eigenvalue weighted by molar-refractivity contribution is 5.10. The molecule has 0 aromatic carbocycles. The summed E-state index contributed by atoms with van der Waals surface area (Å²) in [6, 6.07) is 2.01. The first-order valence-corrected chi connectivity index (χ1v) is 4.47. The van der Waals surface area contributed by atoms with Gasteiger partial charge in [-0.3, -0.25) is 0 Å². The number of nitrogens with zero attached hydrogens (tertiary/aromatic N) is 4. The van der Waals surface area contributed by atoms with Crippen molar-refractivity contribution in [3.63, 3.8) is 0 Å². The Kier molecular flexibility index (Phi) is 2.32. The van der Waals surface area contributed by atoms with Crippen LogP contribution in [-0.2, 0) is 20.1 Å². The lowest BCUT2D eigenvalue weighted by atomic mass is 10.3.